The molecule has 1 aromatic rings. The largest absolute Gasteiger partial charge is 0.379 e. The van der Waals surface area contributed by atoms with Crippen LogP contribution in [0.3, 0.4) is 0 Å². The Morgan fingerprint density at radius 3 is 2.59 bits per heavy atom. The van der Waals surface area contributed by atoms with Crippen molar-refractivity contribution in [2.45, 2.75) is 32.7 Å². The van der Waals surface area contributed by atoms with E-state index in [0.717, 1.165) is 26.3 Å². The van der Waals surface area contributed by atoms with Gasteiger partial charge in [-0.15, -0.1) is 0 Å². The number of aromatic nitrogens is 2. The predicted molar refractivity (Wildman–Crippen MR) is 84.2 cm³/mol. The van der Waals surface area contributed by atoms with Crippen molar-refractivity contribution >= 4 is 11.5 Å². The van der Waals surface area contributed by atoms with Crippen LogP contribution in [0.5, 0.6) is 0 Å². The van der Waals surface area contributed by atoms with Gasteiger partial charge in [-0.1, -0.05) is 6.92 Å². The van der Waals surface area contributed by atoms with E-state index < -0.39 is 0 Å². The van der Waals surface area contributed by atoms with Crippen LogP contribution in [0.15, 0.2) is 0 Å². The molecule has 8 nitrogen and oxygen atoms in total. The molecule has 0 aliphatic carbocycles. The van der Waals surface area contributed by atoms with E-state index in [2.05, 4.69) is 29.2 Å². The monoisotopic (exact) mass is 311 g/mol. The molecule has 0 spiro atoms. The zero-order chi connectivity index (χ0) is 16.3. The number of rotatable bonds is 6. The van der Waals surface area contributed by atoms with Crippen LogP contribution in [0.4, 0.5) is 11.5 Å². The van der Waals surface area contributed by atoms with Crippen LogP contribution in [-0.4, -0.2) is 58.0 Å². The summed E-state index contributed by atoms with van der Waals surface area (Å²) in [7, 11) is 1.73. The predicted octanol–water partition coefficient (Wildman–Crippen LogP) is 1.41. The number of ether oxygens (including phenoxy) is 1. The molecule has 0 bridgehead atoms. The second-order valence-electron chi connectivity index (χ2n) is 6.14. The number of anilines is 1. The zero-order valence-corrected chi connectivity index (χ0v) is 13.8. The highest BCUT2D eigenvalue weighted by molar-refractivity contribution is 5.60. The lowest BCUT2D eigenvalue weighted by molar-refractivity contribution is -0.384. The Hall–Kier alpha value is -1.67. The first-order chi connectivity index (χ1) is 10.4. The molecule has 0 amide bonds. The highest BCUT2D eigenvalue weighted by atomic mass is 16.6. The fraction of sp³-hybridized carbons (Fsp3) is 0.786. The molecule has 0 radical (unpaired) electrons. The molecule has 2 rings (SSSR count). The van der Waals surface area contributed by atoms with Gasteiger partial charge >= 0.3 is 5.69 Å². The highest BCUT2D eigenvalue weighted by Crippen LogP contribution is 2.29. The smallest absolute Gasteiger partial charge is 0.333 e. The summed E-state index contributed by atoms with van der Waals surface area (Å²) in [5.74, 6) is 0.475. The topological polar surface area (TPSA) is 85.5 Å². The van der Waals surface area contributed by atoms with Gasteiger partial charge in [-0.2, -0.15) is 5.10 Å². The van der Waals surface area contributed by atoms with Gasteiger partial charge in [0.15, 0.2) is 0 Å². The molecule has 1 aliphatic heterocycles. The average molecular weight is 311 g/mol. The molecule has 0 aromatic carbocycles. The second kappa shape index (κ2) is 6.62. The van der Waals surface area contributed by atoms with Crippen LogP contribution in [0.2, 0.25) is 0 Å². The van der Waals surface area contributed by atoms with Crippen LogP contribution >= 0.6 is 0 Å². The summed E-state index contributed by atoms with van der Waals surface area (Å²) in [5.41, 5.74) is 0.482. The Balaban J connectivity index is 2.13. The molecule has 1 fully saturated rings. The number of nitro groups is 1. The summed E-state index contributed by atoms with van der Waals surface area (Å²) < 4.78 is 6.94. The number of hydrogen-bond acceptors (Lipinski definition) is 6. The number of hydrogen-bond donors (Lipinski definition) is 1. The zero-order valence-electron chi connectivity index (χ0n) is 13.8. The van der Waals surface area contributed by atoms with Gasteiger partial charge in [0.25, 0.3) is 0 Å². The molecule has 124 valence electrons. The lowest BCUT2D eigenvalue weighted by Crippen LogP contribution is -2.53. The van der Waals surface area contributed by atoms with E-state index in [1.807, 2.05) is 6.92 Å². The maximum atomic E-state index is 11.3. The Labute approximate surface area is 130 Å². The summed E-state index contributed by atoms with van der Waals surface area (Å²) >= 11 is 0. The fourth-order valence-corrected chi connectivity index (χ4v) is 2.78. The van der Waals surface area contributed by atoms with Crippen molar-refractivity contribution in [2.24, 2.45) is 7.05 Å². The number of nitrogens with zero attached hydrogens (tertiary/aromatic N) is 4. The maximum absolute atomic E-state index is 11.3. The molecule has 1 saturated heterocycles. The van der Waals surface area contributed by atoms with Crippen LogP contribution in [-0.2, 0) is 18.2 Å². The van der Waals surface area contributed by atoms with Crippen LogP contribution < -0.4 is 5.32 Å². The van der Waals surface area contributed by atoms with E-state index in [4.69, 9.17) is 4.74 Å². The normalized spacial score (nSPS) is 16.7. The van der Waals surface area contributed by atoms with Crippen molar-refractivity contribution in [1.82, 2.24) is 14.7 Å². The van der Waals surface area contributed by atoms with Gasteiger partial charge < -0.3 is 10.1 Å². The first-order valence-corrected chi connectivity index (χ1v) is 7.63. The molecular formula is C14H25N5O3. The number of aryl methyl sites for hydroxylation is 2. The summed E-state index contributed by atoms with van der Waals surface area (Å²) in [6.45, 7) is 9.96. The minimum absolute atomic E-state index is 0.0859. The van der Waals surface area contributed by atoms with Crippen molar-refractivity contribution in [3.8, 4) is 0 Å². The lowest BCUT2D eigenvalue weighted by atomic mass is 10.0. The third kappa shape index (κ3) is 3.38. The summed E-state index contributed by atoms with van der Waals surface area (Å²) in [5, 5.41) is 18.8. The molecule has 0 atom stereocenters. The van der Waals surface area contributed by atoms with Crippen LogP contribution in [0.1, 0.15) is 26.5 Å². The summed E-state index contributed by atoms with van der Waals surface area (Å²) in [6.07, 6.45) is 0.540. The third-order valence-corrected chi connectivity index (χ3v) is 4.17. The van der Waals surface area contributed by atoms with E-state index in [9.17, 15) is 10.1 Å². The minimum Gasteiger partial charge on any atom is -0.379 e. The molecule has 0 saturated carbocycles. The number of morpholine rings is 1. The third-order valence-electron chi connectivity index (χ3n) is 4.17. The number of nitrogens with one attached hydrogen (secondary N) is 1. The van der Waals surface area contributed by atoms with E-state index in [-0.39, 0.29) is 16.1 Å². The van der Waals surface area contributed by atoms with Gasteiger partial charge in [0.1, 0.15) is 5.69 Å². The minimum atomic E-state index is -0.351. The van der Waals surface area contributed by atoms with Gasteiger partial charge in [0, 0.05) is 32.2 Å². The van der Waals surface area contributed by atoms with Gasteiger partial charge in [0.05, 0.1) is 18.1 Å². The quantitative estimate of drug-likeness (QED) is 0.631. The first-order valence-electron chi connectivity index (χ1n) is 7.63. The lowest BCUT2D eigenvalue weighted by Gasteiger charge is -2.40. The summed E-state index contributed by atoms with van der Waals surface area (Å²) in [4.78, 5) is 13.3. The molecule has 0 unspecified atom stereocenters. The van der Waals surface area contributed by atoms with E-state index in [1.54, 1.807) is 11.7 Å². The van der Waals surface area contributed by atoms with Crippen molar-refractivity contribution in [2.75, 3.05) is 38.2 Å². The van der Waals surface area contributed by atoms with E-state index in [1.165, 1.54) is 0 Å². The summed E-state index contributed by atoms with van der Waals surface area (Å²) in [6, 6.07) is 0. The van der Waals surface area contributed by atoms with Gasteiger partial charge in [-0.25, -0.2) is 4.68 Å². The van der Waals surface area contributed by atoms with Crippen molar-refractivity contribution in [1.29, 1.82) is 0 Å². The van der Waals surface area contributed by atoms with Crippen LogP contribution in [0, 0.1) is 10.1 Å². The van der Waals surface area contributed by atoms with Crippen LogP contribution in [0.25, 0.3) is 0 Å². The second-order valence-corrected chi connectivity index (χ2v) is 6.14. The van der Waals surface area contributed by atoms with Gasteiger partial charge in [-0.3, -0.25) is 15.0 Å². The molecule has 1 aromatic heterocycles. The fourth-order valence-electron chi connectivity index (χ4n) is 2.78. The molecular weight excluding hydrogens is 286 g/mol. The maximum Gasteiger partial charge on any atom is 0.333 e. The SMILES string of the molecule is CCc1nn(C)c(NCC(C)(C)N2CCOCC2)c1[N+](=O)[O-]. The Bertz CT molecular complexity index is 535. The van der Waals surface area contributed by atoms with Gasteiger partial charge in [0.2, 0.25) is 5.82 Å². The average Bonchev–Trinajstić information content (AvgIpc) is 2.82. The highest BCUT2D eigenvalue weighted by Gasteiger charge is 2.31. The first kappa shape index (κ1) is 16.7. The standard InChI is InChI=1S/C14H25N5O3/c1-5-11-12(19(20)21)13(17(4)16-11)15-10-14(2,3)18-6-8-22-9-7-18/h15H,5-10H2,1-4H3. The molecule has 1 aliphatic rings. The van der Waals surface area contributed by atoms with E-state index >= 15 is 0 Å². The van der Waals surface area contributed by atoms with Crippen molar-refractivity contribution < 1.29 is 9.66 Å². The van der Waals surface area contributed by atoms with Crippen molar-refractivity contribution in [3.05, 3.63) is 15.8 Å². The van der Waals surface area contributed by atoms with Crippen molar-refractivity contribution in [3.63, 3.8) is 0 Å². The Kier molecular flexibility index (Phi) is 5.02. The van der Waals surface area contributed by atoms with E-state index in [0.29, 0.717) is 24.5 Å². The van der Waals surface area contributed by atoms with Gasteiger partial charge in [-0.05, 0) is 20.3 Å². The molecule has 1 N–H and O–H groups in total. The molecule has 2 heterocycles. The Morgan fingerprint density at radius 1 is 1.41 bits per heavy atom. The Morgan fingerprint density at radius 2 is 2.05 bits per heavy atom. The molecule has 22 heavy (non-hydrogen) atoms. The molecule has 8 heteroatoms.